The fraction of sp³-hybridized carbons (Fsp3) is 0.259. The SMILES string of the molecule is CCC[C@H]1C[C@@H](Nc2ccccc2)c2cc(-c3ccc(C(=O)O)cc3)ccc2N1C(C)=O. The highest BCUT2D eigenvalue weighted by molar-refractivity contribution is 5.94. The van der Waals surface area contributed by atoms with Crippen LogP contribution in [-0.4, -0.2) is 23.0 Å². The fourth-order valence-electron chi connectivity index (χ4n) is 4.62. The van der Waals surface area contributed by atoms with Crippen molar-refractivity contribution in [2.45, 2.75) is 45.2 Å². The third-order valence-corrected chi connectivity index (χ3v) is 6.08. The summed E-state index contributed by atoms with van der Waals surface area (Å²) in [5.41, 5.74) is 5.28. The van der Waals surface area contributed by atoms with Crippen molar-refractivity contribution >= 4 is 23.3 Å². The molecule has 5 nitrogen and oxygen atoms in total. The van der Waals surface area contributed by atoms with Gasteiger partial charge in [-0.25, -0.2) is 4.79 Å². The van der Waals surface area contributed by atoms with Crippen LogP contribution in [0.4, 0.5) is 11.4 Å². The van der Waals surface area contributed by atoms with E-state index in [1.165, 1.54) is 0 Å². The first-order valence-corrected chi connectivity index (χ1v) is 11.1. The highest BCUT2D eigenvalue weighted by Gasteiger charge is 2.34. The molecule has 5 heteroatoms. The molecule has 3 aromatic carbocycles. The Morgan fingerprint density at radius 3 is 2.31 bits per heavy atom. The molecule has 0 unspecified atom stereocenters. The van der Waals surface area contributed by atoms with Gasteiger partial charge in [-0.05, 0) is 65.9 Å². The van der Waals surface area contributed by atoms with Crippen molar-refractivity contribution < 1.29 is 14.7 Å². The van der Waals surface area contributed by atoms with E-state index in [0.29, 0.717) is 0 Å². The summed E-state index contributed by atoms with van der Waals surface area (Å²) in [6.45, 7) is 3.78. The van der Waals surface area contributed by atoms with Gasteiger partial charge in [-0.15, -0.1) is 0 Å². The highest BCUT2D eigenvalue weighted by Crippen LogP contribution is 2.42. The van der Waals surface area contributed by atoms with Crippen LogP contribution in [0.3, 0.4) is 0 Å². The number of carboxylic acids is 1. The van der Waals surface area contributed by atoms with Gasteiger partial charge in [0, 0.05) is 24.3 Å². The minimum absolute atomic E-state index is 0.0569. The first kappa shape index (κ1) is 21.6. The van der Waals surface area contributed by atoms with Crippen molar-refractivity contribution in [3.63, 3.8) is 0 Å². The number of anilines is 2. The smallest absolute Gasteiger partial charge is 0.335 e. The molecule has 0 saturated heterocycles. The molecule has 0 aliphatic carbocycles. The molecule has 2 atom stereocenters. The van der Waals surface area contributed by atoms with Gasteiger partial charge in [0.25, 0.3) is 0 Å². The number of nitrogens with one attached hydrogen (secondary N) is 1. The molecule has 164 valence electrons. The Bertz CT molecular complexity index is 1110. The summed E-state index contributed by atoms with van der Waals surface area (Å²) in [5.74, 6) is -0.880. The summed E-state index contributed by atoms with van der Waals surface area (Å²) in [6.07, 6.45) is 2.79. The summed E-state index contributed by atoms with van der Waals surface area (Å²) in [6, 6.07) is 23.4. The average Bonchev–Trinajstić information content (AvgIpc) is 2.79. The lowest BCUT2D eigenvalue weighted by Gasteiger charge is -2.41. The zero-order chi connectivity index (χ0) is 22.7. The molecule has 0 radical (unpaired) electrons. The Labute approximate surface area is 188 Å². The second-order valence-electron chi connectivity index (χ2n) is 8.29. The molecule has 4 rings (SSSR count). The highest BCUT2D eigenvalue weighted by atomic mass is 16.4. The van der Waals surface area contributed by atoms with E-state index < -0.39 is 5.97 Å². The van der Waals surface area contributed by atoms with E-state index in [1.807, 2.05) is 47.4 Å². The molecule has 0 aromatic heterocycles. The maximum atomic E-state index is 12.6. The van der Waals surface area contributed by atoms with Crippen molar-refractivity contribution in [2.24, 2.45) is 0 Å². The van der Waals surface area contributed by atoms with E-state index in [2.05, 4.69) is 30.4 Å². The van der Waals surface area contributed by atoms with Crippen molar-refractivity contribution in [3.8, 4) is 11.1 Å². The van der Waals surface area contributed by atoms with Crippen LogP contribution in [0.2, 0.25) is 0 Å². The number of nitrogens with zero attached hydrogens (tertiary/aromatic N) is 1. The molecule has 32 heavy (non-hydrogen) atoms. The summed E-state index contributed by atoms with van der Waals surface area (Å²) in [4.78, 5) is 25.8. The van der Waals surface area contributed by atoms with Gasteiger partial charge >= 0.3 is 5.97 Å². The molecule has 1 amide bonds. The number of aromatic carboxylic acids is 1. The maximum absolute atomic E-state index is 12.6. The Hall–Kier alpha value is -3.60. The lowest BCUT2D eigenvalue weighted by Crippen LogP contribution is -2.44. The largest absolute Gasteiger partial charge is 0.478 e. The first-order valence-electron chi connectivity index (χ1n) is 11.1. The third-order valence-electron chi connectivity index (χ3n) is 6.08. The zero-order valence-electron chi connectivity index (χ0n) is 18.4. The summed E-state index contributed by atoms with van der Waals surface area (Å²) in [5, 5.41) is 12.9. The van der Waals surface area contributed by atoms with E-state index in [9.17, 15) is 14.7 Å². The maximum Gasteiger partial charge on any atom is 0.335 e. The van der Waals surface area contributed by atoms with E-state index in [4.69, 9.17) is 0 Å². The predicted molar refractivity (Wildman–Crippen MR) is 128 cm³/mol. The number of carbonyl (C=O) groups is 2. The van der Waals surface area contributed by atoms with Gasteiger partial charge in [0.15, 0.2) is 0 Å². The van der Waals surface area contributed by atoms with Crippen LogP contribution in [0.5, 0.6) is 0 Å². The van der Waals surface area contributed by atoms with E-state index in [1.54, 1.807) is 19.1 Å². The van der Waals surface area contributed by atoms with Crippen LogP contribution < -0.4 is 10.2 Å². The van der Waals surface area contributed by atoms with Crippen molar-refractivity contribution in [1.29, 1.82) is 0 Å². The van der Waals surface area contributed by atoms with Crippen LogP contribution in [0.15, 0.2) is 72.8 Å². The quantitative estimate of drug-likeness (QED) is 0.495. The van der Waals surface area contributed by atoms with Crippen LogP contribution in [-0.2, 0) is 4.79 Å². The molecule has 0 fully saturated rings. The Kier molecular flexibility index (Phi) is 6.26. The minimum Gasteiger partial charge on any atom is -0.478 e. The van der Waals surface area contributed by atoms with E-state index >= 15 is 0 Å². The molecule has 1 aliphatic rings. The summed E-state index contributed by atoms with van der Waals surface area (Å²) < 4.78 is 0. The predicted octanol–water partition coefficient (Wildman–Crippen LogP) is 6.13. The van der Waals surface area contributed by atoms with E-state index in [-0.39, 0.29) is 23.6 Å². The number of amides is 1. The zero-order valence-corrected chi connectivity index (χ0v) is 18.4. The summed E-state index contributed by atoms with van der Waals surface area (Å²) >= 11 is 0. The van der Waals surface area contributed by atoms with Gasteiger partial charge in [-0.2, -0.15) is 0 Å². The number of carbonyl (C=O) groups excluding carboxylic acids is 1. The third kappa shape index (κ3) is 4.37. The average molecular weight is 429 g/mol. The van der Waals surface area contributed by atoms with Gasteiger partial charge < -0.3 is 15.3 Å². The van der Waals surface area contributed by atoms with Crippen molar-refractivity contribution in [2.75, 3.05) is 10.2 Å². The standard InChI is InChI=1S/C27H28N2O3/c1-3-7-23-17-25(28-22-8-5-4-6-9-22)24-16-21(14-15-26(24)29(23)18(2)30)19-10-12-20(13-11-19)27(31)32/h4-6,8-16,23,25,28H,3,7,17H2,1-2H3,(H,31,32)/t23-,25+/m0/s1. The van der Waals surface area contributed by atoms with Crippen LogP contribution in [0, 0.1) is 0 Å². The molecule has 3 aromatic rings. The van der Waals surface area contributed by atoms with Gasteiger partial charge in [-0.1, -0.05) is 49.7 Å². The molecule has 0 bridgehead atoms. The van der Waals surface area contributed by atoms with Crippen molar-refractivity contribution in [3.05, 3.63) is 83.9 Å². The number of para-hydroxylation sites is 1. The van der Waals surface area contributed by atoms with Gasteiger partial charge in [0.1, 0.15) is 0 Å². The topological polar surface area (TPSA) is 69.6 Å². The lowest BCUT2D eigenvalue weighted by molar-refractivity contribution is -0.117. The summed E-state index contributed by atoms with van der Waals surface area (Å²) in [7, 11) is 0. The van der Waals surface area contributed by atoms with Crippen molar-refractivity contribution in [1.82, 2.24) is 0 Å². The Morgan fingerprint density at radius 1 is 1.00 bits per heavy atom. The normalized spacial score (nSPS) is 17.5. The molecule has 0 spiro atoms. The molecular weight excluding hydrogens is 400 g/mol. The van der Waals surface area contributed by atoms with E-state index in [0.717, 1.165) is 47.3 Å². The minimum atomic E-state index is -0.937. The van der Waals surface area contributed by atoms with Crippen LogP contribution in [0.1, 0.15) is 55.1 Å². The number of rotatable bonds is 6. The fourth-order valence-corrected chi connectivity index (χ4v) is 4.62. The number of hydrogen-bond donors (Lipinski definition) is 2. The molecule has 0 saturated carbocycles. The monoisotopic (exact) mass is 428 g/mol. The lowest BCUT2D eigenvalue weighted by atomic mass is 9.86. The second-order valence-corrected chi connectivity index (χ2v) is 8.29. The van der Waals surface area contributed by atoms with Gasteiger partial charge in [-0.3, -0.25) is 4.79 Å². The van der Waals surface area contributed by atoms with Gasteiger partial charge in [0.05, 0.1) is 11.6 Å². The molecule has 1 aliphatic heterocycles. The molecule has 2 N–H and O–H groups in total. The van der Waals surface area contributed by atoms with Gasteiger partial charge in [0.2, 0.25) is 5.91 Å². The molecular formula is C27H28N2O3. The number of hydrogen-bond acceptors (Lipinski definition) is 3. The number of carboxylic acid groups (broad SMARTS) is 1. The first-order chi connectivity index (χ1) is 15.5. The Balaban J connectivity index is 1.77. The number of fused-ring (bicyclic) bond motifs is 1. The number of benzene rings is 3. The van der Waals surface area contributed by atoms with Crippen LogP contribution in [0.25, 0.3) is 11.1 Å². The molecule has 1 heterocycles. The Morgan fingerprint density at radius 2 is 1.69 bits per heavy atom. The second kappa shape index (κ2) is 9.27. The van der Waals surface area contributed by atoms with Crippen LogP contribution >= 0.6 is 0 Å².